The van der Waals surface area contributed by atoms with Gasteiger partial charge in [0.05, 0.1) is 6.21 Å². The van der Waals surface area contributed by atoms with Gasteiger partial charge in [-0.3, -0.25) is 9.59 Å². The molecule has 0 saturated carbocycles. The lowest BCUT2D eigenvalue weighted by Crippen LogP contribution is -2.21. The van der Waals surface area contributed by atoms with Gasteiger partial charge in [-0.15, -0.1) is 0 Å². The molecule has 0 radical (unpaired) electrons. The molecule has 0 aromatic heterocycles. The van der Waals surface area contributed by atoms with Crippen molar-refractivity contribution in [2.45, 2.75) is 19.8 Å². The molecule has 0 spiro atoms. The van der Waals surface area contributed by atoms with Crippen molar-refractivity contribution in [3.63, 3.8) is 0 Å². The average Bonchev–Trinajstić information content (AvgIpc) is 2.80. The minimum absolute atomic E-state index is 0.0269. The number of carbonyl (C=O) groups is 2. The van der Waals surface area contributed by atoms with Crippen LogP contribution >= 0.6 is 11.6 Å². The highest BCUT2D eigenvalue weighted by Gasteiger charge is 2.10. The van der Waals surface area contributed by atoms with E-state index in [1.165, 1.54) is 0 Å². The number of amides is 2. The summed E-state index contributed by atoms with van der Waals surface area (Å²) in [5.74, 6) is -0.585. The number of halogens is 1. The Morgan fingerprint density at radius 2 is 1.50 bits per heavy atom. The Hall–Kier alpha value is -3.70. The maximum atomic E-state index is 12.2. The summed E-state index contributed by atoms with van der Waals surface area (Å²) in [6.07, 6.45) is 1.74. The molecule has 2 N–H and O–H groups in total. The first kappa shape index (κ1) is 21.5. The quantitative estimate of drug-likeness (QED) is 0.224. The Balaban J connectivity index is 1.41. The number of hydrazone groups is 1. The van der Waals surface area contributed by atoms with Crippen LogP contribution in [-0.4, -0.2) is 18.0 Å². The number of anilines is 1. The van der Waals surface area contributed by atoms with Gasteiger partial charge in [-0.25, -0.2) is 5.43 Å². The molecule has 4 aromatic carbocycles. The van der Waals surface area contributed by atoms with E-state index in [0.717, 1.165) is 32.7 Å². The molecule has 0 aliphatic carbocycles. The summed E-state index contributed by atoms with van der Waals surface area (Å²) in [5.41, 5.74) is 4.90. The normalized spacial score (nSPS) is 11.2. The van der Waals surface area contributed by atoms with Crippen molar-refractivity contribution < 1.29 is 9.59 Å². The van der Waals surface area contributed by atoms with Gasteiger partial charge < -0.3 is 5.32 Å². The monoisotopic (exact) mass is 443 g/mol. The largest absolute Gasteiger partial charge is 0.326 e. The van der Waals surface area contributed by atoms with Gasteiger partial charge in [-0.05, 0) is 52.2 Å². The molecule has 0 heterocycles. The first-order valence-corrected chi connectivity index (χ1v) is 10.7. The topological polar surface area (TPSA) is 70.6 Å². The van der Waals surface area contributed by atoms with E-state index in [1.807, 2.05) is 43.3 Å². The van der Waals surface area contributed by atoms with Crippen molar-refractivity contribution in [2.75, 3.05) is 5.32 Å². The third kappa shape index (κ3) is 4.79. The summed E-state index contributed by atoms with van der Waals surface area (Å²) in [4.78, 5) is 24.4. The predicted molar refractivity (Wildman–Crippen MR) is 131 cm³/mol. The third-order valence-electron chi connectivity index (χ3n) is 5.32. The summed E-state index contributed by atoms with van der Waals surface area (Å²) >= 11 is 6.07. The molecular formula is C26H22ClN3O2. The van der Waals surface area contributed by atoms with Crippen LogP contribution in [0, 0.1) is 6.92 Å². The van der Waals surface area contributed by atoms with Crippen LogP contribution in [0.15, 0.2) is 77.9 Å². The number of nitrogens with zero attached hydrogens (tertiary/aromatic N) is 1. The summed E-state index contributed by atoms with van der Waals surface area (Å²) < 4.78 is 0. The maximum Gasteiger partial charge on any atom is 0.240 e. The van der Waals surface area contributed by atoms with Gasteiger partial charge in [0.15, 0.2) is 0 Å². The Bertz CT molecular complexity index is 1290. The molecule has 0 fully saturated rings. The van der Waals surface area contributed by atoms with E-state index in [-0.39, 0.29) is 24.7 Å². The van der Waals surface area contributed by atoms with E-state index in [1.54, 1.807) is 24.4 Å². The second kappa shape index (κ2) is 9.62. The van der Waals surface area contributed by atoms with Crippen molar-refractivity contribution in [2.24, 2.45) is 5.10 Å². The highest BCUT2D eigenvalue weighted by molar-refractivity contribution is 6.31. The molecule has 6 heteroatoms. The number of hydrogen-bond acceptors (Lipinski definition) is 3. The number of hydrogen-bond donors (Lipinski definition) is 2. The average molecular weight is 444 g/mol. The Kier molecular flexibility index (Phi) is 6.47. The lowest BCUT2D eigenvalue weighted by atomic mass is 9.97. The molecule has 0 unspecified atom stereocenters. The molecule has 4 rings (SSSR count). The second-order valence-electron chi connectivity index (χ2n) is 7.49. The van der Waals surface area contributed by atoms with Gasteiger partial charge in [0, 0.05) is 29.1 Å². The lowest BCUT2D eigenvalue weighted by molar-refractivity contribution is -0.124. The minimum Gasteiger partial charge on any atom is -0.326 e. The Morgan fingerprint density at radius 1 is 0.875 bits per heavy atom. The molecule has 2 amide bonds. The van der Waals surface area contributed by atoms with Crippen molar-refractivity contribution in [1.29, 1.82) is 0 Å². The highest BCUT2D eigenvalue weighted by Crippen LogP contribution is 2.27. The Morgan fingerprint density at radius 3 is 2.19 bits per heavy atom. The van der Waals surface area contributed by atoms with E-state index >= 15 is 0 Å². The molecule has 160 valence electrons. The maximum absolute atomic E-state index is 12.2. The van der Waals surface area contributed by atoms with Crippen molar-refractivity contribution in [3.8, 4) is 0 Å². The zero-order chi connectivity index (χ0) is 22.5. The minimum atomic E-state index is -0.330. The van der Waals surface area contributed by atoms with Crippen LogP contribution in [0.1, 0.15) is 24.0 Å². The van der Waals surface area contributed by atoms with Crippen LogP contribution < -0.4 is 10.7 Å². The Labute approximate surface area is 191 Å². The highest BCUT2D eigenvalue weighted by atomic mass is 35.5. The zero-order valence-corrected chi connectivity index (χ0v) is 18.3. The van der Waals surface area contributed by atoms with Crippen molar-refractivity contribution in [3.05, 3.63) is 88.9 Å². The first-order chi connectivity index (χ1) is 15.5. The van der Waals surface area contributed by atoms with Gasteiger partial charge in [0.1, 0.15) is 0 Å². The molecule has 0 saturated heterocycles. The number of rotatable bonds is 6. The number of carbonyl (C=O) groups excluding carboxylic acids is 2. The van der Waals surface area contributed by atoms with E-state index in [2.05, 4.69) is 34.0 Å². The van der Waals surface area contributed by atoms with Crippen LogP contribution in [-0.2, 0) is 9.59 Å². The summed E-state index contributed by atoms with van der Waals surface area (Å²) in [5, 5.41) is 11.8. The van der Waals surface area contributed by atoms with Gasteiger partial charge in [-0.2, -0.15) is 5.10 Å². The van der Waals surface area contributed by atoms with Gasteiger partial charge in [-0.1, -0.05) is 66.2 Å². The summed E-state index contributed by atoms with van der Waals surface area (Å²) in [6, 6.07) is 23.6. The zero-order valence-electron chi connectivity index (χ0n) is 17.6. The fourth-order valence-corrected chi connectivity index (χ4v) is 3.77. The van der Waals surface area contributed by atoms with Gasteiger partial charge in [0.25, 0.3) is 0 Å². The molecule has 0 atom stereocenters. The van der Waals surface area contributed by atoms with Crippen molar-refractivity contribution in [1.82, 2.24) is 5.43 Å². The molecule has 0 bridgehead atoms. The fourth-order valence-electron chi connectivity index (χ4n) is 3.60. The smallest absolute Gasteiger partial charge is 0.240 e. The first-order valence-electron chi connectivity index (χ1n) is 10.3. The van der Waals surface area contributed by atoms with Gasteiger partial charge >= 0.3 is 0 Å². The fraction of sp³-hybridized carbons (Fsp3) is 0.115. The van der Waals surface area contributed by atoms with E-state index in [0.29, 0.717) is 10.7 Å². The summed E-state index contributed by atoms with van der Waals surface area (Å²) in [6.45, 7) is 1.83. The summed E-state index contributed by atoms with van der Waals surface area (Å²) in [7, 11) is 0. The molecule has 5 nitrogen and oxygen atoms in total. The SMILES string of the molecule is Cc1c(Cl)cccc1NC(=O)CCC(=O)N/N=C\c1c2ccccc2cc2ccccc12. The molecule has 0 aliphatic heterocycles. The van der Waals surface area contributed by atoms with Gasteiger partial charge in [0.2, 0.25) is 11.8 Å². The third-order valence-corrected chi connectivity index (χ3v) is 5.73. The van der Waals surface area contributed by atoms with E-state index in [4.69, 9.17) is 11.6 Å². The number of fused-ring (bicyclic) bond motifs is 2. The van der Waals surface area contributed by atoms with Crippen LogP contribution in [0.25, 0.3) is 21.5 Å². The van der Waals surface area contributed by atoms with E-state index in [9.17, 15) is 9.59 Å². The van der Waals surface area contributed by atoms with Crippen LogP contribution in [0.3, 0.4) is 0 Å². The van der Waals surface area contributed by atoms with E-state index < -0.39 is 0 Å². The number of nitrogens with one attached hydrogen (secondary N) is 2. The van der Waals surface area contributed by atoms with Crippen LogP contribution in [0.2, 0.25) is 5.02 Å². The molecular weight excluding hydrogens is 422 g/mol. The molecule has 0 aliphatic rings. The van der Waals surface area contributed by atoms with Crippen molar-refractivity contribution >= 4 is 56.9 Å². The second-order valence-corrected chi connectivity index (χ2v) is 7.89. The molecule has 4 aromatic rings. The predicted octanol–water partition coefficient (Wildman–Crippen LogP) is 5.82. The van der Waals surface area contributed by atoms with Crippen LogP contribution in [0.4, 0.5) is 5.69 Å². The number of benzene rings is 4. The molecule has 32 heavy (non-hydrogen) atoms. The standard InChI is InChI=1S/C26H22ClN3O2/c1-17-23(27)11-6-12-24(17)29-25(31)13-14-26(32)30-28-16-22-20-9-4-2-7-18(20)15-19-8-3-5-10-21(19)22/h2-12,15-16H,13-14H2,1H3,(H,29,31)(H,30,32)/b28-16-. The lowest BCUT2D eigenvalue weighted by Gasteiger charge is -2.09. The van der Waals surface area contributed by atoms with Crippen LogP contribution in [0.5, 0.6) is 0 Å².